The molecule has 0 fully saturated rings. The molecule has 8 heteroatoms. The molecular formula is C13H17F3NO3P. The molecule has 4 nitrogen and oxygen atoms in total. The summed E-state index contributed by atoms with van der Waals surface area (Å²) in [6.07, 6.45) is -3.16. The molecule has 0 atom stereocenters. The van der Waals surface area contributed by atoms with Gasteiger partial charge in [-0.05, 0) is 32.0 Å². The second-order valence-corrected chi connectivity index (χ2v) is 5.81. The number of hydrogen-bond donors (Lipinski definition) is 1. The lowest BCUT2D eigenvalue weighted by Crippen LogP contribution is -2.05. The van der Waals surface area contributed by atoms with Crippen LogP contribution in [0, 0.1) is 0 Å². The Bertz CT molecular complexity index is 522. The van der Waals surface area contributed by atoms with Gasteiger partial charge in [-0.15, -0.1) is 0 Å². The first-order valence-electron chi connectivity index (χ1n) is 6.31. The fourth-order valence-electron chi connectivity index (χ4n) is 1.49. The van der Waals surface area contributed by atoms with Crippen molar-refractivity contribution in [2.24, 2.45) is 0 Å². The van der Waals surface area contributed by atoms with E-state index in [9.17, 15) is 17.7 Å². The second-order valence-electron chi connectivity index (χ2n) is 3.91. The van der Waals surface area contributed by atoms with Crippen molar-refractivity contribution in [2.45, 2.75) is 20.0 Å². The molecule has 0 unspecified atom stereocenters. The number of halogens is 3. The quantitative estimate of drug-likeness (QED) is 0.728. The Morgan fingerprint density at radius 3 is 2.38 bits per heavy atom. The summed E-state index contributed by atoms with van der Waals surface area (Å²) in [4.78, 5) is 0. The summed E-state index contributed by atoms with van der Waals surface area (Å²) in [7, 11) is -3.37. The highest BCUT2D eigenvalue weighted by Crippen LogP contribution is 2.49. The van der Waals surface area contributed by atoms with E-state index in [1.165, 1.54) is 24.1 Å². The van der Waals surface area contributed by atoms with Crippen LogP contribution in [0.3, 0.4) is 0 Å². The van der Waals surface area contributed by atoms with Crippen LogP contribution in [0.15, 0.2) is 36.3 Å². The van der Waals surface area contributed by atoms with Gasteiger partial charge >= 0.3 is 13.8 Å². The molecule has 0 heterocycles. The van der Waals surface area contributed by atoms with E-state index in [-0.39, 0.29) is 18.9 Å². The van der Waals surface area contributed by atoms with Crippen molar-refractivity contribution < 1.29 is 26.8 Å². The minimum absolute atomic E-state index is 0.200. The third-order valence-electron chi connectivity index (χ3n) is 2.32. The van der Waals surface area contributed by atoms with Gasteiger partial charge in [0.25, 0.3) is 0 Å². The number of benzene rings is 1. The van der Waals surface area contributed by atoms with Gasteiger partial charge in [-0.1, -0.05) is 6.07 Å². The third-order valence-corrected chi connectivity index (χ3v) is 4.07. The Morgan fingerprint density at radius 2 is 1.86 bits per heavy atom. The van der Waals surface area contributed by atoms with Gasteiger partial charge in [-0.25, -0.2) is 0 Å². The highest BCUT2D eigenvalue weighted by atomic mass is 31.2. The first-order valence-corrected chi connectivity index (χ1v) is 7.92. The molecule has 0 spiro atoms. The van der Waals surface area contributed by atoms with Gasteiger partial charge in [0, 0.05) is 17.7 Å². The lowest BCUT2D eigenvalue weighted by atomic mass is 10.2. The minimum Gasteiger partial charge on any atom is -0.361 e. The second kappa shape index (κ2) is 7.64. The molecule has 0 amide bonds. The Labute approximate surface area is 121 Å². The summed E-state index contributed by atoms with van der Waals surface area (Å²) in [5.41, 5.74) is -0.542. The van der Waals surface area contributed by atoms with E-state index >= 15 is 0 Å². The zero-order valence-corrected chi connectivity index (χ0v) is 12.6. The van der Waals surface area contributed by atoms with Crippen molar-refractivity contribution in [1.82, 2.24) is 0 Å². The standard InChI is InChI=1S/C13H17F3NO3P/c1-3-19-21(18,20-4-2)9-8-17-12-7-5-6-11(10-12)13(14,15)16/h5-10,17H,3-4H2,1-2H3/b9-8-. The molecule has 0 bridgehead atoms. The molecule has 0 saturated heterocycles. The van der Waals surface area contributed by atoms with Crippen LogP contribution in [0.2, 0.25) is 0 Å². The van der Waals surface area contributed by atoms with Gasteiger partial charge < -0.3 is 14.4 Å². The number of rotatable bonds is 7. The van der Waals surface area contributed by atoms with Crippen LogP contribution in [0.1, 0.15) is 19.4 Å². The number of nitrogens with one attached hydrogen (secondary N) is 1. The van der Waals surface area contributed by atoms with E-state index in [2.05, 4.69) is 5.32 Å². The fourth-order valence-corrected chi connectivity index (χ4v) is 2.72. The number of alkyl halides is 3. The van der Waals surface area contributed by atoms with Crippen LogP contribution >= 0.6 is 7.60 Å². The van der Waals surface area contributed by atoms with E-state index in [1.807, 2.05) is 0 Å². The van der Waals surface area contributed by atoms with Crippen LogP contribution in [0.4, 0.5) is 18.9 Å². The summed E-state index contributed by atoms with van der Waals surface area (Å²) in [6, 6.07) is 4.67. The molecule has 21 heavy (non-hydrogen) atoms. The lowest BCUT2D eigenvalue weighted by Gasteiger charge is -2.13. The molecule has 118 valence electrons. The topological polar surface area (TPSA) is 47.6 Å². The van der Waals surface area contributed by atoms with Gasteiger partial charge in [-0.2, -0.15) is 13.2 Å². The van der Waals surface area contributed by atoms with Crippen LogP contribution in [0.5, 0.6) is 0 Å². The van der Waals surface area contributed by atoms with Gasteiger partial charge in [0.05, 0.1) is 18.8 Å². The molecule has 0 aliphatic rings. The largest absolute Gasteiger partial charge is 0.416 e. The lowest BCUT2D eigenvalue weighted by molar-refractivity contribution is -0.137. The fraction of sp³-hybridized carbons (Fsp3) is 0.385. The van der Waals surface area contributed by atoms with E-state index < -0.39 is 19.3 Å². The predicted octanol–water partition coefficient (Wildman–Crippen LogP) is 4.85. The van der Waals surface area contributed by atoms with E-state index in [4.69, 9.17) is 9.05 Å². The number of hydrogen-bond acceptors (Lipinski definition) is 4. The Morgan fingerprint density at radius 1 is 1.24 bits per heavy atom. The van der Waals surface area contributed by atoms with E-state index in [1.54, 1.807) is 13.8 Å². The summed E-state index contributed by atoms with van der Waals surface area (Å²) in [6.45, 7) is 3.73. The van der Waals surface area contributed by atoms with Gasteiger partial charge in [-0.3, -0.25) is 4.57 Å². The normalized spacial score (nSPS) is 12.8. The Balaban J connectivity index is 2.78. The van der Waals surface area contributed by atoms with Crippen LogP contribution < -0.4 is 5.32 Å². The summed E-state index contributed by atoms with van der Waals surface area (Å²) < 4.78 is 59.8. The zero-order valence-electron chi connectivity index (χ0n) is 11.7. The van der Waals surface area contributed by atoms with Crippen molar-refractivity contribution >= 4 is 13.3 Å². The summed E-state index contributed by atoms with van der Waals surface area (Å²) in [5, 5.41) is 2.62. The van der Waals surface area contributed by atoms with Gasteiger partial charge in [0.2, 0.25) is 0 Å². The molecule has 1 aromatic rings. The maximum atomic E-state index is 12.5. The van der Waals surface area contributed by atoms with Crippen molar-refractivity contribution in [3.05, 3.63) is 41.8 Å². The SMILES string of the molecule is CCOP(=O)(/C=C\Nc1cccc(C(F)(F)F)c1)OCC. The third kappa shape index (κ3) is 5.91. The highest BCUT2D eigenvalue weighted by Gasteiger charge is 2.30. The smallest absolute Gasteiger partial charge is 0.361 e. The van der Waals surface area contributed by atoms with E-state index in [0.717, 1.165) is 12.1 Å². The summed E-state index contributed by atoms with van der Waals surface area (Å²) in [5.74, 6) is 1.18. The minimum atomic E-state index is -4.41. The van der Waals surface area contributed by atoms with Crippen molar-refractivity contribution in [2.75, 3.05) is 18.5 Å². The molecule has 1 rings (SSSR count). The molecule has 0 aliphatic heterocycles. The molecule has 0 aliphatic carbocycles. The average Bonchev–Trinajstić information content (AvgIpc) is 2.38. The van der Waals surface area contributed by atoms with Crippen LogP contribution in [-0.4, -0.2) is 13.2 Å². The van der Waals surface area contributed by atoms with Crippen molar-refractivity contribution in [1.29, 1.82) is 0 Å². The van der Waals surface area contributed by atoms with Crippen LogP contribution in [0.25, 0.3) is 0 Å². The van der Waals surface area contributed by atoms with Crippen molar-refractivity contribution in [3.8, 4) is 0 Å². The zero-order chi connectivity index (χ0) is 15.9. The Hall–Kier alpha value is -1.30. The van der Waals surface area contributed by atoms with Gasteiger partial charge in [0.1, 0.15) is 0 Å². The first-order chi connectivity index (χ1) is 9.80. The van der Waals surface area contributed by atoms with Gasteiger partial charge in [0.15, 0.2) is 0 Å². The highest BCUT2D eigenvalue weighted by molar-refractivity contribution is 7.57. The maximum absolute atomic E-state index is 12.5. The first kappa shape index (κ1) is 17.8. The molecule has 0 radical (unpaired) electrons. The number of anilines is 1. The predicted molar refractivity (Wildman–Crippen MR) is 75.1 cm³/mol. The molecule has 0 saturated carbocycles. The Kier molecular flexibility index (Phi) is 6.45. The summed E-state index contributed by atoms with van der Waals surface area (Å²) >= 11 is 0. The molecule has 0 aromatic heterocycles. The van der Waals surface area contributed by atoms with Crippen molar-refractivity contribution in [3.63, 3.8) is 0 Å². The molecular weight excluding hydrogens is 306 g/mol. The molecule has 1 aromatic carbocycles. The van der Waals surface area contributed by atoms with Crippen LogP contribution in [-0.2, 0) is 19.8 Å². The average molecular weight is 323 g/mol. The molecule has 1 N–H and O–H groups in total. The maximum Gasteiger partial charge on any atom is 0.416 e. The van der Waals surface area contributed by atoms with E-state index in [0.29, 0.717) is 0 Å². The monoisotopic (exact) mass is 323 g/mol.